The summed E-state index contributed by atoms with van der Waals surface area (Å²) in [4.78, 5) is 42.3. The molecule has 0 radical (unpaired) electrons. The number of nitrogens with zero attached hydrogens (tertiary/aromatic N) is 1. The largest absolute Gasteiger partial charge is 0.481 e. The van der Waals surface area contributed by atoms with Crippen molar-refractivity contribution in [2.45, 2.75) is 32.6 Å². The summed E-state index contributed by atoms with van der Waals surface area (Å²) in [6, 6.07) is 7.32. The Bertz CT molecular complexity index is 941. The lowest BCUT2D eigenvalue weighted by Crippen LogP contribution is -2.32. The molecule has 2 aromatic rings. The molecule has 0 saturated heterocycles. The summed E-state index contributed by atoms with van der Waals surface area (Å²) >= 11 is 0. The Hall–Kier alpha value is -3.69. The predicted molar refractivity (Wildman–Crippen MR) is 103 cm³/mol. The van der Waals surface area contributed by atoms with Crippen LogP contribution in [-0.2, 0) is 9.59 Å². The molecule has 0 unspecified atom stereocenters. The Morgan fingerprint density at radius 3 is 2.00 bits per heavy atom. The third-order valence-corrected chi connectivity index (χ3v) is 4.83. The van der Waals surface area contributed by atoms with E-state index in [1.807, 2.05) is 0 Å². The standard InChI is InChI=1S/C12H9NO5.C8H12O4/c1-7-2-3-8(9(6-7)13(16)17)10-4-5-11(18-10)12(14)15;9-7(10)5-3-1-2-4-6(5)8(11)12/h2-6H,1H3,(H,14,15);5-6H,1-4H2,(H,9,10)(H,11,12)/t;5-,6-/m.1/s1. The van der Waals surface area contributed by atoms with Crippen molar-refractivity contribution in [3.8, 4) is 11.3 Å². The second-order valence-electron chi connectivity index (χ2n) is 6.92. The molecule has 3 rings (SSSR count). The average molecular weight is 419 g/mol. The Morgan fingerprint density at radius 1 is 1.00 bits per heavy atom. The second kappa shape index (κ2) is 9.68. The van der Waals surface area contributed by atoms with Gasteiger partial charge in [-0.05, 0) is 43.5 Å². The highest BCUT2D eigenvalue weighted by Gasteiger charge is 2.35. The van der Waals surface area contributed by atoms with E-state index in [1.54, 1.807) is 13.0 Å². The highest BCUT2D eigenvalue weighted by atomic mass is 16.6. The van der Waals surface area contributed by atoms with Gasteiger partial charge in [0.05, 0.1) is 22.3 Å². The first-order valence-electron chi connectivity index (χ1n) is 9.16. The molecule has 0 amide bonds. The smallest absolute Gasteiger partial charge is 0.371 e. The number of hydrogen-bond acceptors (Lipinski definition) is 6. The van der Waals surface area contributed by atoms with E-state index in [9.17, 15) is 24.5 Å². The number of aromatic carboxylic acids is 1. The molecule has 0 bridgehead atoms. The quantitative estimate of drug-likeness (QED) is 0.481. The van der Waals surface area contributed by atoms with Gasteiger partial charge >= 0.3 is 17.9 Å². The molecule has 1 aliphatic carbocycles. The molecule has 160 valence electrons. The van der Waals surface area contributed by atoms with E-state index in [2.05, 4.69) is 0 Å². The lowest BCUT2D eigenvalue weighted by atomic mass is 9.79. The van der Waals surface area contributed by atoms with Crippen LogP contribution in [0.3, 0.4) is 0 Å². The number of aliphatic carboxylic acids is 2. The molecule has 30 heavy (non-hydrogen) atoms. The van der Waals surface area contributed by atoms with Crippen LogP contribution in [0.15, 0.2) is 34.7 Å². The van der Waals surface area contributed by atoms with Crippen LogP contribution in [0.25, 0.3) is 11.3 Å². The molecule has 1 aromatic heterocycles. The van der Waals surface area contributed by atoms with E-state index in [1.165, 1.54) is 24.3 Å². The van der Waals surface area contributed by atoms with Gasteiger partial charge in [0.1, 0.15) is 5.76 Å². The van der Waals surface area contributed by atoms with Gasteiger partial charge in [-0.3, -0.25) is 19.7 Å². The summed E-state index contributed by atoms with van der Waals surface area (Å²) in [5.41, 5.74) is 0.898. The maximum Gasteiger partial charge on any atom is 0.371 e. The zero-order valence-corrected chi connectivity index (χ0v) is 16.1. The molecule has 0 spiro atoms. The van der Waals surface area contributed by atoms with Crippen molar-refractivity contribution in [1.29, 1.82) is 0 Å². The van der Waals surface area contributed by atoms with Gasteiger partial charge in [-0.15, -0.1) is 0 Å². The number of aryl methyl sites for hydroxylation is 1. The molecular weight excluding hydrogens is 398 g/mol. The van der Waals surface area contributed by atoms with Crippen molar-refractivity contribution in [3.05, 3.63) is 51.8 Å². The summed E-state index contributed by atoms with van der Waals surface area (Å²) in [6.07, 6.45) is 2.68. The van der Waals surface area contributed by atoms with Crippen LogP contribution in [-0.4, -0.2) is 38.2 Å². The summed E-state index contributed by atoms with van der Waals surface area (Å²) in [7, 11) is 0. The van der Waals surface area contributed by atoms with Crippen molar-refractivity contribution in [2.75, 3.05) is 0 Å². The zero-order valence-electron chi connectivity index (χ0n) is 16.1. The van der Waals surface area contributed by atoms with Gasteiger partial charge in [0.2, 0.25) is 5.76 Å². The van der Waals surface area contributed by atoms with Crippen molar-refractivity contribution in [3.63, 3.8) is 0 Å². The number of nitro groups is 1. The molecule has 10 heteroatoms. The SMILES string of the molecule is Cc1ccc(-c2ccc(C(=O)O)o2)c([N+](=O)[O-])c1.O=C(O)[C@@H]1CCCC[C@H]1C(=O)O. The first kappa shape index (κ1) is 22.6. The van der Waals surface area contributed by atoms with Crippen LogP contribution >= 0.6 is 0 Å². The van der Waals surface area contributed by atoms with Crippen LogP contribution in [0, 0.1) is 28.9 Å². The van der Waals surface area contributed by atoms with Crippen LogP contribution in [0.5, 0.6) is 0 Å². The molecule has 1 fully saturated rings. The normalized spacial score (nSPS) is 18.0. The van der Waals surface area contributed by atoms with E-state index in [4.69, 9.17) is 19.7 Å². The predicted octanol–water partition coefficient (Wildman–Crippen LogP) is 3.82. The van der Waals surface area contributed by atoms with Crippen LogP contribution in [0.4, 0.5) is 5.69 Å². The van der Waals surface area contributed by atoms with Crippen LogP contribution in [0.1, 0.15) is 41.8 Å². The fourth-order valence-electron chi connectivity index (χ4n) is 3.32. The summed E-state index contributed by atoms with van der Waals surface area (Å²) in [5, 5.41) is 37.1. The van der Waals surface area contributed by atoms with Crippen LogP contribution < -0.4 is 0 Å². The van der Waals surface area contributed by atoms with Gasteiger partial charge in [-0.1, -0.05) is 18.9 Å². The fourth-order valence-corrected chi connectivity index (χ4v) is 3.32. The third kappa shape index (κ3) is 5.43. The molecule has 1 saturated carbocycles. The first-order chi connectivity index (χ1) is 14.1. The minimum absolute atomic E-state index is 0.110. The van der Waals surface area contributed by atoms with E-state index in [0.717, 1.165) is 18.4 Å². The highest BCUT2D eigenvalue weighted by Crippen LogP contribution is 2.32. The van der Waals surface area contributed by atoms with Gasteiger partial charge in [-0.25, -0.2) is 4.79 Å². The number of benzene rings is 1. The van der Waals surface area contributed by atoms with Crippen molar-refractivity contribution >= 4 is 23.6 Å². The van der Waals surface area contributed by atoms with E-state index >= 15 is 0 Å². The maximum atomic E-state index is 10.9. The average Bonchev–Trinajstić information content (AvgIpc) is 3.18. The van der Waals surface area contributed by atoms with Crippen LogP contribution in [0.2, 0.25) is 0 Å². The Morgan fingerprint density at radius 2 is 1.57 bits per heavy atom. The van der Waals surface area contributed by atoms with Crippen molar-refractivity contribution < 1.29 is 39.0 Å². The minimum atomic E-state index is -1.21. The van der Waals surface area contributed by atoms with E-state index < -0.39 is 34.7 Å². The molecule has 10 nitrogen and oxygen atoms in total. The van der Waals surface area contributed by atoms with E-state index in [-0.39, 0.29) is 22.8 Å². The molecule has 1 aliphatic rings. The van der Waals surface area contributed by atoms with Gasteiger partial charge < -0.3 is 19.7 Å². The van der Waals surface area contributed by atoms with Crippen molar-refractivity contribution in [2.24, 2.45) is 11.8 Å². The maximum absolute atomic E-state index is 10.9. The number of furan rings is 1. The number of carboxylic acids is 3. The van der Waals surface area contributed by atoms with Crippen molar-refractivity contribution in [1.82, 2.24) is 0 Å². The summed E-state index contributed by atoms with van der Waals surface area (Å²) in [6.45, 7) is 1.74. The van der Waals surface area contributed by atoms with E-state index in [0.29, 0.717) is 12.8 Å². The topological polar surface area (TPSA) is 168 Å². The number of rotatable bonds is 5. The first-order valence-corrected chi connectivity index (χ1v) is 9.16. The van der Waals surface area contributed by atoms with Gasteiger partial charge in [0, 0.05) is 6.07 Å². The lowest BCUT2D eigenvalue weighted by molar-refractivity contribution is -0.384. The third-order valence-electron chi connectivity index (χ3n) is 4.83. The highest BCUT2D eigenvalue weighted by molar-refractivity contribution is 5.85. The Labute approximate surface area is 170 Å². The molecule has 0 aliphatic heterocycles. The van der Waals surface area contributed by atoms with Gasteiger partial charge in [-0.2, -0.15) is 0 Å². The monoisotopic (exact) mass is 419 g/mol. The molecule has 3 N–H and O–H groups in total. The zero-order chi connectivity index (χ0) is 22.4. The second-order valence-corrected chi connectivity index (χ2v) is 6.92. The van der Waals surface area contributed by atoms with Gasteiger partial charge in [0.15, 0.2) is 0 Å². The number of carbonyl (C=O) groups is 3. The Balaban J connectivity index is 0.000000232. The number of hydrogen-bond donors (Lipinski definition) is 3. The van der Waals surface area contributed by atoms with Gasteiger partial charge in [0.25, 0.3) is 5.69 Å². The molecule has 1 aromatic carbocycles. The minimum Gasteiger partial charge on any atom is -0.481 e. The lowest BCUT2D eigenvalue weighted by Gasteiger charge is -2.24. The fraction of sp³-hybridized carbons (Fsp3) is 0.350. The summed E-state index contributed by atoms with van der Waals surface area (Å²) < 4.78 is 5.06. The molecule has 2 atom stereocenters. The number of carboxylic acid groups (broad SMARTS) is 3. The Kier molecular flexibility index (Phi) is 7.29. The number of nitro benzene ring substituents is 1. The molecule has 1 heterocycles. The molecular formula is C20H21NO9. The summed E-state index contributed by atoms with van der Waals surface area (Å²) in [5.74, 6) is -4.58.